The smallest absolute Gasteiger partial charge is 0.308 e. The van der Waals surface area contributed by atoms with Crippen LogP contribution in [0.2, 0.25) is 0 Å². The van der Waals surface area contributed by atoms with Gasteiger partial charge in [0.25, 0.3) is 0 Å². The molecule has 5 heteroatoms. The topological polar surface area (TPSA) is 66.4 Å². The summed E-state index contributed by atoms with van der Waals surface area (Å²) in [6, 6.07) is 10.7. The fourth-order valence-corrected chi connectivity index (χ4v) is 2.94. The van der Waals surface area contributed by atoms with Crippen LogP contribution in [0.15, 0.2) is 47.2 Å². The second kappa shape index (κ2) is 7.75. The number of hydrogen-bond donors (Lipinski definition) is 2. The van der Waals surface area contributed by atoms with Crippen molar-refractivity contribution < 1.29 is 14.7 Å². The molecule has 0 aliphatic heterocycles. The van der Waals surface area contributed by atoms with E-state index in [9.17, 15) is 14.7 Å². The molecule has 2 aromatic rings. The van der Waals surface area contributed by atoms with Crippen LogP contribution < -0.4 is 5.32 Å². The van der Waals surface area contributed by atoms with E-state index in [1.165, 1.54) is 0 Å². The van der Waals surface area contributed by atoms with Crippen LogP contribution in [-0.2, 0) is 16.0 Å². The Balaban J connectivity index is 2.02. The quantitative estimate of drug-likeness (QED) is 0.823. The lowest BCUT2D eigenvalue weighted by atomic mass is 9.94. The molecule has 0 radical (unpaired) electrons. The Morgan fingerprint density at radius 1 is 1.23 bits per heavy atom. The molecule has 2 N–H and O–H groups in total. The van der Waals surface area contributed by atoms with Crippen molar-refractivity contribution in [2.24, 2.45) is 5.92 Å². The van der Waals surface area contributed by atoms with Gasteiger partial charge in [-0.3, -0.25) is 9.59 Å². The number of rotatable bonds is 7. The van der Waals surface area contributed by atoms with E-state index in [1.807, 2.05) is 47.2 Å². The van der Waals surface area contributed by atoms with E-state index in [1.54, 1.807) is 18.3 Å². The first-order chi connectivity index (χ1) is 10.6. The summed E-state index contributed by atoms with van der Waals surface area (Å²) in [6.45, 7) is 1.61. The van der Waals surface area contributed by atoms with Gasteiger partial charge in [0.2, 0.25) is 5.91 Å². The van der Waals surface area contributed by atoms with Crippen LogP contribution in [0.5, 0.6) is 0 Å². The first-order valence-corrected chi connectivity index (χ1v) is 8.10. The van der Waals surface area contributed by atoms with Gasteiger partial charge in [-0.25, -0.2) is 0 Å². The lowest BCUT2D eigenvalue weighted by Gasteiger charge is -2.23. The summed E-state index contributed by atoms with van der Waals surface area (Å²) >= 11 is 1.60. The van der Waals surface area contributed by atoms with Crippen molar-refractivity contribution in [3.8, 4) is 0 Å². The summed E-state index contributed by atoms with van der Waals surface area (Å²) in [6.07, 6.45) is 1.02. The zero-order valence-electron chi connectivity index (χ0n) is 12.4. The number of nitrogens with one attached hydrogen (secondary N) is 1. The minimum absolute atomic E-state index is 0.131. The molecular weight excluding hydrogens is 298 g/mol. The standard InChI is InChI=1S/C17H19NO3S/c1-12(17(20)21)16(14-5-3-2-4-6-14)18-15(19)8-7-13-9-10-22-11-13/h2-6,9-12,16H,7-8H2,1H3,(H,18,19)(H,20,21). The Morgan fingerprint density at radius 2 is 1.95 bits per heavy atom. The van der Waals surface area contributed by atoms with E-state index < -0.39 is 17.9 Å². The first kappa shape index (κ1) is 16.2. The maximum absolute atomic E-state index is 12.1. The van der Waals surface area contributed by atoms with Crippen molar-refractivity contribution in [1.82, 2.24) is 5.32 Å². The number of benzene rings is 1. The number of carboxylic acid groups (broad SMARTS) is 1. The van der Waals surface area contributed by atoms with Crippen LogP contribution in [0.25, 0.3) is 0 Å². The average Bonchev–Trinajstić information content (AvgIpc) is 3.04. The van der Waals surface area contributed by atoms with Crippen LogP contribution in [0, 0.1) is 5.92 Å². The van der Waals surface area contributed by atoms with Crippen LogP contribution in [0.1, 0.15) is 30.5 Å². The highest BCUT2D eigenvalue weighted by molar-refractivity contribution is 7.07. The number of aliphatic carboxylic acids is 1. The number of carboxylic acids is 1. The molecular formula is C17H19NO3S. The number of hydrogen-bond acceptors (Lipinski definition) is 3. The molecule has 0 spiro atoms. The van der Waals surface area contributed by atoms with Gasteiger partial charge < -0.3 is 10.4 Å². The largest absolute Gasteiger partial charge is 0.481 e. The molecule has 0 fully saturated rings. The fraction of sp³-hybridized carbons (Fsp3) is 0.294. The molecule has 2 atom stereocenters. The summed E-state index contributed by atoms with van der Waals surface area (Å²) in [4.78, 5) is 23.4. The molecule has 0 bridgehead atoms. The van der Waals surface area contributed by atoms with Crippen molar-refractivity contribution in [2.75, 3.05) is 0 Å². The van der Waals surface area contributed by atoms with Gasteiger partial charge >= 0.3 is 5.97 Å². The third kappa shape index (κ3) is 4.43. The van der Waals surface area contributed by atoms with Crippen molar-refractivity contribution in [2.45, 2.75) is 25.8 Å². The molecule has 1 amide bonds. The van der Waals surface area contributed by atoms with Crippen molar-refractivity contribution in [1.29, 1.82) is 0 Å². The lowest BCUT2D eigenvalue weighted by molar-refractivity contribution is -0.142. The Kier molecular flexibility index (Phi) is 5.72. The molecule has 1 heterocycles. The van der Waals surface area contributed by atoms with Crippen LogP contribution in [0.4, 0.5) is 0 Å². The molecule has 0 saturated heterocycles. The Hall–Kier alpha value is -2.14. The predicted octanol–water partition coefficient (Wildman–Crippen LogP) is 3.26. The number of thiophene rings is 1. The Labute approximate surface area is 133 Å². The highest BCUT2D eigenvalue weighted by Gasteiger charge is 2.26. The highest BCUT2D eigenvalue weighted by atomic mass is 32.1. The van der Waals surface area contributed by atoms with E-state index in [0.717, 1.165) is 11.1 Å². The van der Waals surface area contributed by atoms with E-state index in [4.69, 9.17) is 0 Å². The van der Waals surface area contributed by atoms with Crippen LogP contribution in [0.3, 0.4) is 0 Å². The summed E-state index contributed by atoms with van der Waals surface area (Å²) in [5, 5.41) is 16.1. The average molecular weight is 317 g/mol. The fourth-order valence-electron chi connectivity index (χ4n) is 2.24. The summed E-state index contributed by atoms with van der Waals surface area (Å²) in [5.41, 5.74) is 1.93. The van der Waals surface area contributed by atoms with Gasteiger partial charge in [0.05, 0.1) is 12.0 Å². The second-order valence-electron chi connectivity index (χ2n) is 5.21. The predicted molar refractivity (Wildman–Crippen MR) is 86.8 cm³/mol. The summed E-state index contributed by atoms with van der Waals surface area (Å²) in [7, 11) is 0. The highest BCUT2D eigenvalue weighted by Crippen LogP contribution is 2.22. The van der Waals surface area contributed by atoms with Gasteiger partial charge in [0.15, 0.2) is 0 Å². The first-order valence-electron chi connectivity index (χ1n) is 7.16. The monoisotopic (exact) mass is 317 g/mol. The SMILES string of the molecule is CC(C(=O)O)C(NC(=O)CCc1ccsc1)c1ccccc1. The zero-order valence-corrected chi connectivity index (χ0v) is 13.2. The lowest BCUT2D eigenvalue weighted by Crippen LogP contribution is -2.35. The van der Waals surface area contributed by atoms with Crippen molar-refractivity contribution in [3.63, 3.8) is 0 Å². The van der Waals surface area contributed by atoms with E-state index in [2.05, 4.69) is 5.32 Å². The number of amides is 1. The van der Waals surface area contributed by atoms with E-state index in [0.29, 0.717) is 12.8 Å². The molecule has 22 heavy (non-hydrogen) atoms. The van der Waals surface area contributed by atoms with E-state index in [-0.39, 0.29) is 5.91 Å². The van der Waals surface area contributed by atoms with Gasteiger partial charge in [-0.2, -0.15) is 11.3 Å². The van der Waals surface area contributed by atoms with Crippen LogP contribution >= 0.6 is 11.3 Å². The minimum atomic E-state index is -0.924. The number of carbonyl (C=O) groups is 2. The second-order valence-corrected chi connectivity index (χ2v) is 5.99. The minimum Gasteiger partial charge on any atom is -0.481 e. The van der Waals surface area contributed by atoms with Gasteiger partial charge in [0.1, 0.15) is 0 Å². The molecule has 4 nitrogen and oxygen atoms in total. The van der Waals surface area contributed by atoms with Crippen LogP contribution in [-0.4, -0.2) is 17.0 Å². The molecule has 1 aromatic heterocycles. The Bertz CT molecular complexity index is 610. The maximum Gasteiger partial charge on any atom is 0.308 e. The normalized spacial score (nSPS) is 13.3. The van der Waals surface area contributed by atoms with Gasteiger partial charge in [0, 0.05) is 6.42 Å². The molecule has 2 rings (SSSR count). The van der Waals surface area contributed by atoms with Gasteiger partial charge in [-0.05, 0) is 41.3 Å². The zero-order chi connectivity index (χ0) is 15.9. The molecule has 1 aromatic carbocycles. The molecule has 116 valence electrons. The summed E-state index contributed by atoms with van der Waals surface area (Å²) in [5.74, 6) is -1.74. The van der Waals surface area contributed by atoms with Gasteiger partial charge in [-0.1, -0.05) is 30.3 Å². The molecule has 0 aliphatic carbocycles. The molecule has 0 aliphatic rings. The van der Waals surface area contributed by atoms with Crippen molar-refractivity contribution >= 4 is 23.2 Å². The van der Waals surface area contributed by atoms with Gasteiger partial charge in [-0.15, -0.1) is 0 Å². The third-order valence-electron chi connectivity index (χ3n) is 3.59. The van der Waals surface area contributed by atoms with E-state index >= 15 is 0 Å². The number of carbonyl (C=O) groups excluding carboxylic acids is 1. The molecule has 2 unspecified atom stereocenters. The maximum atomic E-state index is 12.1. The third-order valence-corrected chi connectivity index (χ3v) is 4.32. The van der Waals surface area contributed by atoms with Crippen molar-refractivity contribution in [3.05, 3.63) is 58.3 Å². The summed E-state index contributed by atoms with van der Waals surface area (Å²) < 4.78 is 0. The Morgan fingerprint density at radius 3 is 2.55 bits per heavy atom. The molecule has 0 saturated carbocycles. The number of aryl methyl sites for hydroxylation is 1.